The van der Waals surface area contributed by atoms with E-state index >= 15 is 0 Å². The van der Waals surface area contributed by atoms with E-state index in [1.165, 1.54) is 6.42 Å². The fourth-order valence-electron chi connectivity index (χ4n) is 2.89. The van der Waals surface area contributed by atoms with E-state index in [0.29, 0.717) is 12.2 Å². The van der Waals surface area contributed by atoms with Crippen molar-refractivity contribution < 1.29 is 19.4 Å². The Kier molecular flexibility index (Phi) is 3.78. The molecule has 0 saturated carbocycles. The smallest absolute Gasteiger partial charge is 0.321 e. The molecule has 108 valence electrons. The highest BCUT2D eigenvalue weighted by Gasteiger charge is 2.27. The third-order valence-electron chi connectivity index (χ3n) is 3.98. The number of aliphatic carboxylic acids is 1. The van der Waals surface area contributed by atoms with Gasteiger partial charge in [-0.15, -0.1) is 0 Å². The van der Waals surface area contributed by atoms with Crippen LogP contribution in [0.3, 0.4) is 0 Å². The summed E-state index contributed by atoms with van der Waals surface area (Å²) in [5.41, 5.74) is 0.979. The SMILES string of the molecule is O=C(O)C(Cc1ccc2c(c1)OCO2)N1CCCCC1. The average Bonchev–Trinajstić information content (AvgIpc) is 2.93. The molecule has 1 unspecified atom stereocenters. The summed E-state index contributed by atoms with van der Waals surface area (Å²) in [6.07, 6.45) is 3.88. The Labute approximate surface area is 118 Å². The quantitative estimate of drug-likeness (QED) is 0.911. The molecule has 1 saturated heterocycles. The molecule has 1 aromatic carbocycles. The normalized spacial score (nSPS) is 19.8. The summed E-state index contributed by atoms with van der Waals surface area (Å²) < 4.78 is 10.6. The molecule has 1 atom stereocenters. The van der Waals surface area contributed by atoms with Crippen LogP contribution in [0.25, 0.3) is 0 Å². The number of fused-ring (bicyclic) bond motifs is 1. The third kappa shape index (κ3) is 2.72. The van der Waals surface area contributed by atoms with Gasteiger partial charge in [0.05, 0.1) is 0 Å². The van der Waals surface area contributed by atoms with Crippen LogP contribution in [0.5, 0.6) is 11.5 Å². The molecule has 20 heavy (non-hydrogen) atoms. The predicted molar refractivity (Wildman–Crippen MR) is 73.1 cm³/mol. The number of hydrogen-bond donors (Lipinski definition) is 1. The number of carboxylic acid groups (broad SMARTS) is 1. The van der Waals surface area contributed by atoms with E-state index in [1.54, 1.807) is 0 Å². The van der Waals surface area contributed by atoms with Crippen molar-refractivity contribution in [3.63, 3.8) is 0 Å². The zero-order valence-electron chi connectivity index (χ0n) is 11.4. The summed E-state index contributed by atoms with van der Waals surface area (Å²) in [5.74, 6) is 0.702. The highest BCUT2D eigenvalue weighted by molar-refractivity contribution is 5.74. The summed E-state index contributed by atoms with van der Waals surface area (Å²) in [5, 5.41) is 9.48. The first kappa shape index (κ1) is 13.2. The molecule has 3 rings (SSSR count). The Hall–Kier alpha value is -1.75. The van der Waals surface area contributed by atoms with E-state index in [9.17, 15) is 9.90 Å². The van der Waals surface area contributed by atoms with Gasteiger partial charge in [-0.1, -0.05) is 12.5 Å². The first-order valence-electron chi connectivity index (χ1n) is 7.09. The Balaban J connectivity index is 1.74. The van der Waals surface area contributed by atoms with Crippen LogP contribution in [0.1, 0.15) is 24.8 Å². The van der Waals surface area contributed by atoms with Crippen LogP contribution in [-0.4, -0.2) is 41.9 Å². The predicted octanol–water partition coefficient (Wildman–Crippen LogP) is 1.90. The molecule has 2 aliphatic rings. The number of benzene rings is 1. The molecule has 2 aliphatic heterocycles. The fraction of sp³-hybridized carbons (Fsp3) is 0.533. The Morgan fingerprint density at radius 2 is 1.95 bits per heavy atom. The number of ether oxygens (including phenoxy) is 2. The number of carboxylic acids is 1. The maximum atomic E-state index is 11.5. The van der Waals surface area contributed by atoms with Crippen LogP contribution in [0.4, 0.5) is 0 Å². The van der Waals surface area contributed by atoms with Gasteiger partial charge in [0.25, 0.3) is 0 Å². The second-order valence-corrected chi connectivity index (χ2v) is 5.34. The molecule has 0 spiro atoms. The van der Waals surface area contributed by atoms with Gasteiger partial charge >= 0.3 is 5.97 Å². The van der Waals surface area contributed by atoms with E-state index in [-0.39, 0.29) is 6.79 Å². The zero-order valence-corrected chi connectivity index (χ0v) is 11.4. The summed E-state index contributed by atoms with van der Waals surface area (Å²) in [4.78, 5) is 13.6. The lowest BCUT2D eigenvalue weighted by molar-refractivity contribution is -0.143. The van der Waals surface area contributed by atoms with Crippen molar-refractivity contribution in [3.8, 4) is 11.5 Å². The van der Waals surface area contributed by atoms with Crippen LogP contribution >= 0.6 is 0 Å². The van der Waals surface area contributed by atoms with Crippen molar-refractivity contribution in [1.29, 1.82) is 0 Å². The standard InChI is InChI=1S/C15H19NO4/c17-15(18)12(16-6-2-1-3-7-16)8-11-4-5-13-14(9-11)20-10-19-13/h4-5,9,12H,1-3,6-8,10H2,(H,17,18). The van der Waals surface area contributed by atoms with Gasteiger partial charge in [0.2, 0.25) is 6.79 Å². The first-order chi connectivity index (χ1) is 9.74. The number of piperidine rings is 1. The molecule has 0 aliphatic carbocycles. The van der Waals surface area contributed by atoms with Crippen molar-refractivity contribution in [2.45, 2.75) is 31.7 Å². The molecule has 5 heteroatoms. The molecular formula is C15H19NO4. The average molecular weight is 277 g/mol. The van der Waals surface area contributed by atoms with Crippen LogP contribution in [0, 0.1) is 0 Å². The largest absolute Gasteiger partial charge is 0.480 e. The molecule has 0 aromatic heterocycles. The molecule has 0 radical (unpaired) electrons. The first-order valence-corrected chi connectivity index (χ1v) is 7.09. The van der Waals surface area contributed by atoms with Gasteiger partial charge < -0.3 is 14.6 Å². The molecule has 0 bridgehead atoms. The maximum Gasteiger partial charge on any atom is 0.321 e. The summed E-state index contributed by atoms with van der Waals surface area (Å²) >= 11 is 0. The number of carbonyl (C=O) groups is 1. The second kappa shape index (κ2) is 5.71. The highest BCUT2D eigenvalue weighted by Crippen LogP contribution is 2.33. The Bertz CT molecular complexity index is 497. The fourth-order valence-corrected chi connectivity index (χ4v) is 2.89. The molecule has 5 nitrogen and oxygen atoms in total. The van der Waals surface area contributed by atoms with E-state index in [0.717, 1.165) is 37.2 Å². The second-order valence-electron chi connectivity index (χ2n) is 5.34. The van der Waals surface area contributed by atoms with Crippen molar-refractivity contribution in [2.75, 3.05) is 19.9 Å². The van der Waals surface area contributed by atoms with Crippen LogP contribution < -0.4 is 9.47 Å². The Morgan fingerprint density at radius 3 is 2.70 bits per heavy atom. The van der Waals surface area contributed by atoms with Crippen LogP contribution in [0.15, 0.2) is 18.2 Å². The van der Waals surface area contributed by atoms with E-state index in [1.807, 2.05) is 18.2 Å². The van der Waals surface area contributed by atoms with E-state index in [4.69, 9.17) is 9.47 Å². The van der Waals surface area contributed by atoms with Gasteiger partial charge in [0.15, 0.2) is 11.5 Å². The minimum absolute atomic E-state index is 0.243. The number of likely N-dealkylation sites (tertiary alicyclic amines) is 1. The summed E-state index contributed by atoms with van der Waals surface area (Å²) in [6.45, 7) is 2.00. The lowest BCUT2D eigenvalue weighted by atomic mass is 10.0. The van der Waals surface area contributed by atoms with Gasteiger partial charge in [0.1, 0.15) is 6.04 Å². The van der Waals surface area contributed by atoms with Gasteiger partial charge in [-0.3, -0.25) is 9.69 Å². The minimum atomic E-state index is -0.746. The topological polar surface area (TPSA) is 59.0 Å². The van der Waals surface area contributed by atoms with Crippen molar-refractivity contribution in [2.24, 2.45) is 0 Å². The highest BCUT2D eigenvalue weighted by atomic mass is 16.7. The van der Waals surface area contributed by atoms with Gasteiger partial charge in [-0.25, -0.2) is 0 Å². The Morgan fingerprint density at radius 1 is 1.20 bits per heavy atom. The van der Waals surface area contributed by atoms with E-state index < -0.39 is 12.0 Å². The number of rotatable bonds is 4. The number of hydrogen-bond acceptors (Lipinski definition) is 4. The lowest BCUT2D eigenvalue weighted by Gasteiger charge is -2.32. The number of nitrogens with zero attached hydrogens (tertiary/aromatic N) is 1. The van der Waals surface area contributed by atoms with Gasteiger partial charge in [0, 0.05) is 0 Å². The molecule has 2 heterocycles. The van der Waals surface area contributed by atoms with Crippen LogP contribution in [0.2, 0.25) is 0 Å². The lowest BCUT2D eigenvalue weighted by Crippen LogP contribution is -2.45. The summed E-state index contributed by atoms with van der Waals surface area (Å²) in [6, 6.07) is 5.22. The molecule has 1 N–H and O–H groups in total. The van der Waals surface area contributed by atoms with E-state index in [2.05, 4.69) is 4.90 Å². The maximum absolute atomic E-state index is 11.5. The zero-order chi connectivity index (χ0) is 13.9. The monoisotopic (exact) mass is 277 g/mol. The van der Waals surface area contributed by atoms with Crippen LogP contribution in [-0.2, 0) is 11.2 Å². The molecule has 1 fully saturated rings. The summed E-state index contributed by atoms with van der Waals surface area (Å²) in [7, 11) is 0. The van der Waals surface area contributed by atoms with Gasteiger partial charge in [-0.2, -0.15) is 0 Å². The third-order valence-corrected chi connectivity index (χ3v) is 3.98. The molecular weight excluding hydrogens is 258 g/mol. The van der Waals surface area contributed by atoms with Gasteiger partial charge in [-0.05, 0) is 50.0 Å². The molecule has 1 aromatic rings. The van der Waals surface area contributed by atoms with Crippen molar-refractivity contribution in [3.05, 3.63) is 23.8 Å². The minimum Gasteiger partial charge on any atom is -0.480 e. The van der Waals surface area contributed by atoms with Crippen molar-refractivity contribution in [1.82, 2.24) is 4.90 Å². The van der Waals surface area contributed by atoms with Crippen molar-refractivity contribution >= 4 is 5.97 Å². The molecule has 0 amide bonds.